The number of hydrogen-bond donors (Lipinski definition) is 1. The molecule has 0 radical (unpaired) electrons. The van der Waals surface area contributed by atoms with Crippen molar-refractivity contribution >= 4 is 5.82 Å². The molecule has 0 amide bonds. The minimum atomic E-state index is 0.402. The summed E-state index contributed by atoms with van der Waals surface area (Å²) < 4.78 is 5.48. The summed E-state index contributed by atoms with van der Waals surface area (Å²) in [5, 5.41) is 3.42. The number of pyridine rings is 1. The van der Waals surface area contributed by atoms with Crippen LogP contribution in [0.15, 0.2) is 12.3 Å². The number of hydrogen-bond acceptors (Lipinski definition) is 4. The second-order valence-corrected chi connectivity index (χ2v) is 5.64. The Hall–Kier alpha value is -1.13. The summed E-state index contributed by atoms with van der Waals surface area (Å²) in [5.74, 6) is 1.10. The Kier molecular flexibility index (Phi) is 4.77. The Bertz CT molecular complexity index is 420. The predicted molar refractivity (Wildman–Crippen MR) is 78.6 cm³/mol. The molecule has 1 aromatic heterocycles. The highest BCUT2D eigenvalue weighted by atomic mass is 16.5. The first-order valence-corrected chi connectivity index (χ1v) is 7.11. The van der Waals surface area contributed by atoms with Crippen molar-refractivity contribution in [2.75, 3.05) is 24.7 Å². The van der Waals surface area contributed by atoms with Crippen LogP contribution in [0.25, 0.3) is 0 Å². The fourth-order valence-electron chi connectivity index (χ4n) is 2.39. The van der Waals surface area contributed by atoms with Gasteiger partial charge < -0.3 is 15.0 Å². The van der Waals surface area contributed by atoms with Crippen molar-refractivity contribution in [3.63, 3.8) is 0 Å². The van der Waals surface area contributed by atoms with Gasteiger partial charge in [0.2, 0.25) is 0 Å². The first kappa shape index (κ1) is 14.3. The summed E-state index contributed by atoms with van der Waals surface area (Å²) in [7, 11) is 0. The molecule has 0 spiro atoms. The fraction of sp³-hybridized carbons (Fsp3) is 0.667. The molecule has 1 unspecified atom stereocenters. The van der Waals surface area contributed by atoms with Crippen LogP contribution in [-0.2, 0) is 11.3 Å². The van der Waals surface area contributed by atoms with Crippen molar-refractivity contribution < 1.29 is 4.74 Å². The number of nitrogens with zero attached hydrogens (tertiary/aromatic N) is 2. The van der Waals surface area contributed by atoms with Gasteiger partial charge in [0.05, 0.1) is 19.3 Å². The monoisotopic (exact) mass is 263 g/mol. The summed E-state index contributed by atoms with van der Waals surface area (Å²) in [5.41, 5.74) is 2.49. The fourth-order valence-corrected chi connectivity index (χ4v) is 2.39. The molecule has 1 atom stereocenters. The third kappa shape index (κ3) is 3.67. The zero-order valence-corrected chi connectivity index (χ0v) is 12.4. The molecule has 0 aromatic carbocycles. The number of ether oxygens (including phenoxy) is 1. The predicted octanol–water partition coefficient (Wildman–Crippen LogP) is 2.11. The van der Waals surface area contributed by atoms with E-state index in [1.54, 1.807) is 0 Å². The van der Waals surface area contributed by atoms with E-state index in [1.807, 2.05) is 6.20 Å². The van der Waals surface area contributed by atoms with Crippen molar-refractivity contribution in [2.24, 2.45) is 0 Å². The third-order valence-electron chi connectivity index (χ3n) is 3.46. The lowest BCUT2D eigenvalue weighted by molar-refractivity contribution is 0.0985. The first-order chi connectivity index (χ1) is 9.08. The van der Waals surface area contributed by atoms with Crippen LogP contribution in [0.4, 0.5) is 5.82 Å². The minimum absolute atomic E-state index is 0.402. The van der Waals surface area contributed by atoms with Crippen LogP contribution >= 0.6 is 0 Å². The van der Waals surface area contributed by atoms with Crippen LogP contribution in [-0.4, -0.2) is 36.8 Å². The van der Waals surface area contributed by atoms with E-state index in [1.165, 1.54) is 11.1 Å². The quantitative estimate of drug-likeness (QED) is 0.903. The maximum atomic E-state index is 5.48. The van der Waals surface area contributed by atoms with E-state index in [4.69, 9.17) is 4.74 Å². The van der Waals surface area contributed by atoms with Gasteiger partial charge in [-0.05, 0) is 31.0 Å². The molecular weight excluding hydrogens is 238 g/mol. The van der Waals surface area contributed by atoms with E-state index in [0.29, 0.717) is 12.1 Å². The molecule has 4 nitrogen and oxygen atoms in total. The number of aryl methyl sites for hydroxylation is 1. The molecule has 0 saturated carbocycles. The summed E-state index contributed by atoms with van der Waals surface area (Å²) in [4.78, 5) is 7.01. The first-order valence-electron chi connectivity index (χ1n) is 7.11. The molecule has 2 rings (SSSR count). The van der Waals surface area contributed by atoms with Crippen molar-refractivity contribution in [3.05, 3.63) is 23.4 Å². The maximum absolute atomic E-state index is 5.48. The lowest BCUT2D eigenvalue weighted by Crippen LogP contribution is -2.44. The minimum Gasteiger partial charge on any atom is -0.377 e. The Labute approximate surface area is 116 Å². The number of nitrogens with one attached hydrogen (secondary N) is 1. The van der Waals surface area contributed by atoms with Gasteiger partial charge in [0.25, 0.3) is 0 Å². The molecule has 1 aliphatic heterocycles. The molecule has 0 bridgehead atoms. The second kappa shape index (κ2) is 6.35. The Morgan fingerprint density at radius 1 is 1.53 bits per heavy atom. The zero-order valence-electron chi connectivity index (χ0n) is 12.4. The van der Waals surface area contributed by atoms with Crippen molar-refractivity contribution in [3.8, 4) is 0 Å². The normalized spacial score (nSPS) is 20.1. The van der Waals surface area contributed by atoms with Gasteiger partial charge in [0.1, 0.15) is 5.82 Å². The highest BCUT2D eigenvalue weighted by Crippen LogP contribution is 2.22. The number of anilines is 1. The summed E-state index contributed by atoms with van der Waals surface area (Å²) >= 11 is 0. The van der Waals surface area contributed by atoms with Gasteiger partial charge in [0.15, 0.2) is 0 Å². The molecule has 106 valence electrons. The van der Waals surface area contributed by atoms with Crippen molar-refractivity contribution in [1.29, 1.82) is 0 Å². The largest absolute Gasteiger partial charge is 0.377 e. The van der Waals surface area contributed by atoms with E-state index in [-0.39, 0.29) is 0 Å². The standard InChI is InChI=1S/C15H25N3O/c1-11(2)16-8-14-7-12(3)15(17-9-14)18-5-6-19-10-13(18)4/h7,9,11,13,16H,5-6,8,10H2,1-4H3. The van der Waals surface area contributed by atoms with E-state index >= 15 is 0 Å². The van der Waals surface area contributed by atoms with Crippen LogP contribution in [0.2, 0.25) is 0 Å². The lowest BCUT2D eigenvalue weighted by Gasteiger charge is -2.35. The Balaban J connectivity index is 2.10. The topological polar surface area (TPSA) is 37.4 Å². The van der Waals surface area contributed by atoms with Crippen LogP contribution < -0.4 is 10.2 Å². The smallest absolute Gasteiger partial charge is 0.131 e. The average Bonchev–Trinajstić information content (AvgIpc) is 2.38. The van der Waals surface area contributed by atoms with Gasteiger partial charge in [-0.2, -0.15) is 0 Å². The number of aromatic nitrogens is 1. The number of morpholine rings is 1. The summed E-state index contributed by atoms with van der Waals surface area (Å²) in [6, 6.07) is 3.14. The Morgan fingerprint density at radius 2 is 2.32 bits per heavy atom. The van der Waals surface area contributed by atoms with Gasteiger partial charge in [-0.25, -0.2) is 4.98 Å². The highest BCUT2D eigenvalue weighted by Gasteiger charge is 2.21. The molecule has 0 aliphatic carbocycles. The molecule has 1 saturated heterocycles. The molecular formula is C15H25N3O. The Morgan fingerprint density at radius 3 is 2.95 bits per heavy atom. The maximum Gasteiger partial charge on any atom is 0.131 e. The van der Waals surface area contributed by atoms with Crippen molar-refractivity contribution in [2.45, 2.75) is 46.3 Å². The number of rotatable bonds is 4. The van der Waals surface area contributed by atoms with Gasteiger partial charge in [-0.1, -0.05) is 13.8 Å². The molecule has 19 heavy (non-hydrogen) atoms. The van der Waals surface area contributed by atoms with Crippen molar-refractivity contribution in [1.82, 2.24) is 10.3 Å². The molecule has 1 fully saturated rings. The van der Waals surface area contributed by atoms with Crippen LogP contribution in [0.5, 0.6) is 0 Å². The molecule has 1 aromatic rings. The summed E-state index contributed by atoms with van der Waals surface area (Å²) in [6.45, 7) is 12.0. The molecule has 2 heterocycles. The lowest BCUT2D eigenvalue weighted by atomic mass is 10.1. The highest BCUT2D eigenvalue weighted by molar-refractivity contribution is 5.48. The SMILES string of the molecule is Cc1cc(CNC(C)C)cnc1N1CCOCC1C. The molecule has 4 heteroatoms. The average molecular weight is 263 g/mol. The van der Waals surface area contributed by atoms with Gasteiger partial charge in [0, 0.05) is 25.3 Å². The van der Waals surface area contributed by atoms with E-state index in [0.717, 1.165) is 32.1 Å². The van der Waals surface area contributed by atoms with Gasteiger partial charge in [-0.3, -0.25) is 0 Å². The second-order valence-electron chi connectivity index (χ2n) is 5.64. The van der Waals surface area contributed by atoms with Crippen LogP contribution in [0.1, 0.15) is 31.9 Å². The van der Waals surface area contributed by atoms with Crippen LogP contribution in [0, 0.1) is 6.92 Å². The van der Waals surface area contributed by atoms with E-state index < -0.39 is 0 Å². The van der Waals surface area contributed by atoms with E-state index in [9.17, 15) is 0 Å². The van der Waals surface area contributed by atoms with Gasteiger partial charge >= 0.3 is 0 Å². The zero-order chi connectivity index (χ0) is 13.8. The molecule has 1 N–H and O–H groups in total. The van der Waals surface area contributed by atoms with Gasteiger partial charge in [-0.15, -0.1) is 0 Å². The van der Waals surface area contributed by atoms with Crippen LogP contribution in [0.3, 0.4) is 0 Å². The third-order valence-corrected chi connectivity index (χ3v) is 3.46. The van der Waals surface area contributed by atoms with E-state index in [2.05, 4.69) is 49.0 Å². The summed E-state index contributed by atoms with van der Waals surface area (Å²) in [6.07, 6.45) is 1.99. The molecule has 1 aliphatic rings.